The molecule has 1 fully saturated rings. The van der Waals surface area contributed by atoms with Gasteiger partial charge in [-0.1, -0.05) is 74.5 Å². The third-order valence-electron chi connectivity index (χ3n) is 17.3. The summed E-state index contributed by atoms with van der Waals surface area (Å²) < 4.78 is 248. The Morgan fingerprint density at radius 2 is 0.818 bits per heavy atom. The lowest BCUT2D eigenvalue weighted by Crippen LogP contribution is -2.45. The number of carboxylic acids is 3. The van der Waals surface area contributed by atoms with Gasteiger partial charge in [-0.05, 0) is 120 Å². The molecule has 0 spiro atoms. The van der Waals surface area contributed by atoms with E-state index < -0.39 is 224 Å². The van der Waals surface area contributed by atoms with Crippen molar-refractivity contribution >= 4 is 58.4 Å². The van der Waals surface area contributed by atoms with E-state index in [2.05, 4.69) is 10.6 Å². The van der Waals surface area contributed by atoms with Crippen molar-refractivity contribution in [3.8, 4) is 0 Å². The predicted molar refractivity (Wildman–Crippen MR) is 316 cm³/mol. The molecule has 7 rings (SSSR count). The Balaban J connectivity index is 1.26. The number of hydrogen-bond acceptors (Lipinski definition) is 11. The summed E-state index contributed by atoms with van der Waals surface area (Å²) in [5.41, 5.74) is -28.7. The smallest absolute Gasteiger partial charge is 0.424 e. The SMILES string of the molecule is CNc1ccc(Cc2ccc(NC(=O)c3cc(C(C)(c4ccc(C(=O)O)c(C(=O)Nc5ccc(Cc6ccc(NC(=O)C7C(C)CC(C)C7C(=O)O)c(C(O)(CF)C(F)(F)F)c6)cc5C(O)C(F)(F)F)c4)C(F)(F)F)ccc3C(=O)O)c(C(O)C(F)(F)F)c2)cc1C(O)(CF)C(F)(F)F. The minimum absolute atomic E-state index is 0.196. The third kappa shape index (κ3) is 15.4. The van der Waals surface area contributed by atoms with Crippen molar-refractivity contribution in [2.45, 2.75) is 99.7 Å². The number of aliphatic hydroxyl groups excluding tert-OH is 2. The molecular formula is C65H57F17N4O13. The highest BCUT2D eigenvalue weighted by molar-refractivity contribution is 6.12. The van der Waals surface area contributed by atoms with Gasteiger partial charge in [-0.25, -0.2) is 18.4 Å². The van der Waals surface area contributed by atoms with Gasteiger partial charge in [0.15, 0.2) is 12.2 Å². The van der Waals surface area contributed by atoms with Crippen molar-refractivity contribution < 1.29 is 139 Å². The van der Waals surface area contributed by atoms with Crippen LogP contribution >= 0.6 is 0 Å². The van der Waals surface area contributed by atoms with Crippen molar-refractivity contribution in [3.05, 3.63) is 187 Å². The Hall–Kier alpha value is -9.41. The molecule has 0 bridgehead atoms. The summed E-state index contributed by atoms with van der Waals surface area (Å²) in [5, 5.41) is 80.8. The molecule has 9 unspecified atom stereocenters. The van der Waals surface area contributed by atoms with Crippen LogP contribution in [0.3, 0.4) is 0 Å². The molecule has 0 heterocycles. The summed E-state index contributed by atoms with van der Waals surface area (Å²) in [6.45, 7) is -1.59. The van der Waals surface area contributed by atoms with Crippen molar-refractivity contribution in [2.75, 3.05) is 41.7 Å². The number of halogens is 17. The number of benzene rings is 6. The zero-order valence-electron chi connectivity index (χ0n) is 51.4. The van der Waals surface area contributed by atoms with Crippen LogP contribution in [-0.2, 0) is 39.0 Å². The number of rotatable bonds is 22. The number of carbonyl (C=O) groups is 6. The Morgan fingerprint density at radius 1 is 0.465 bits per heavy atom. The Bertz CT molecular complexity index is 4120. The van der Waals surface area contributed by atoms with E-state index in [4.69, 9.17) is 0 Å². The zero-order valence-corrected chi connectivity index (χ0v) is 51.4. The van der Waals surface area contributed by atoms with Crippen LogP contribution in [0, 0.1) is 23.7 Å². The van der Waals surface area contributed by atoms with E-state index in [1.54, 1.807) is 0 Å². The highest BCUT2D eigenvalue weighted by Gasteiger charge is 2.59. The topological polar surface area (TPSA) is 292 Å². The van der Waals surface area contributed by atoms with Crippen molar-refractivity contribution in [1.29, 1.82) is 0 Å². The van der Waals surface area contributed by atoms with Crippen molar-refractivity contribution in [3.63, 3.8) is 0 Å². The molecule has 99 heavy (non-hydrogen) atoms. The first kappa shape index (κ1) is 76.9. The highest BCUT2D eigenvalue weighted by atomic mass is 19.4. The quantitative estimate of drug-likeness (QED) is 0.0282. The maximum absolute atomic E-state index is 15.9. The van der Waals surface area contributed by atoms with E-state index >= 15 is 13.2 Å². The van der Waals surface area contributed by atoms with E-state index in [9.17, 15) is 126 Å². The van der Waals surface area contributed by atoms with Gasteiger partial charge in [0, 0.05) is 52.1 Å². The zero-order chi connectivity index (χ0) is 74.4. The van der Waals surface area contributed by atoms with Gasteiger partial charge in [0.25, 0.3) is 11.8 Å². The van der Waals surface area contributed by atoms with E-state index in [0.29, 0.717) is 67.6 Å². The molecule has 1 saturated carbocycles. The van der Waals surface area contributed by atoms with Gasteiger partial charge in [-0.15, -0.1) is 0 Å². The molecule has 17 nitrogen and oxygen atoms in total. The van der Waals surface area contributed by atoms with Crippen molar-refractivity contribution in [1.82, 2.24) is 0 Å². The fraction of sp³-hybridized carbons (Fsp3) is 0.354. The van der Waals surface area contributed by atoms with Crippen LogP contribution in [0.25, 0.3) is 0 Å². The molecule has 3 amide bonds. The van der Waals surface area contributed by atoms with Crippen LogP contribution < -0.4 is 21.3 Å². The van der Waals surface area contributed by atoms with E-state index in [1.807, 2.05) is 10.6 Å². The van der Waals surface area contributed by atoms with Crippen LogP contribution in [-0.4, -0.2) is 123 Å². The Labute approximate surface area is 548 Å². The summed E-state index contributed by atoms with van der Waals surface area (Å²) in [6.07, 6.45) is -36.7. The molecule has 0 aromatic heterocycles. The largest absolute Gasteiger partial charge is 0.481 e. The molecule has 0 radical (unpaired) electrons. The molecule has 6 aromatic carbocycles. The normalized spacial score (nSPS) is 18.6. The first-order valence-corrected chi connectivity index (χ1v) is 29.0. The number of carboxylic acid groups (broad SMARTS) is 3. The first-order valence-electron chi connectivity index (χ1n) is 29.0. The summed E-state index contributed by atoms with van der Waals surface area (Å²) in [4.78, 5) is 79.3. The number of aliphatic hydroxyl groups is 4. The Morgan fingerprint density at radius 3 is 1.15 bits per heavy atom. The fourth-order valence-electron chi connectivity index (χ4n) is 11.9. The molecule has 6 aromatic rings. The van der Waals surface area contributed by atoms with E-state index in [0.717, 1.165) is 43.4 Å². The second kappa shape index (κ2) is 28.1. The molecule has 0 saturated heterocycles. The number of carbonyl (C=O) groups excluding carboxylic acids is 3. The lowest BCUT2D eigenvalue weighted by molar-refractivity contribution is -0.271. The lowest BCUT2D eigenvalue weighted by atomic mass is 9.74. The molecule has 9 atom stereocenters. The van der Waals surface area contributed by atoms with Gasteiger partial charge in [-0.3, -0.25) is 19.2 Å². The summed E-state index contributed by atoms with van der Waals surface area (Å²) in [5.74, 6) is -14.1. The first-order chi connectivity index (χ1) is 45.6. The van der Waals surface area contributed by atoms with Gasteiger partial charge >= 0.3 is 48.8 Å². The number of aromatic carboxylic acids is 2. The third-order valence-corrected chi connectivity index (χ3v) is 17.3. The van der Waals surface area contributed by atoms with Crippen LogP contribution in [0.4, 0.5) is 97.4 Å². The molecule has 1 aliphatic rings. The molecule has 0 aliphatic heterocycles. The van der Waals surface area contributed by atoms with Crippen LogP contribution in [0.5, 0.6) is 0 Å². The van der Waals surface area contributed by atoms with Gasteiger partial charge in [0.05, 0.1) is 34.1 Å². The van der Waals surface area contributed by atoms with E-state index in [1.165, 1.54) is 13.8 Å². The van der Waals surface area contributed by atoms with Gasteiger partial charge < -0.3 is 57.0 Å². The predicted octanol–water partition coefficient (Wildman–Crippen LogP) is 13.2. The molecule has 34 heteroatoms. The van der Waals surface area contributed by atoms with Crippen LogP contribution in [0.2, 0.25) is 0 Å². The van der Waals surface area contributed by atoms with Gasteiger partial charge in [0.2, 0.25) is 17.1 Å². The van der Waals surface area contributed by atoms with Gasteiger partial charge in [0.1, 0.15) is 18.8 Å². The molecule has 11 N–H and O–H groups in total. The Kier molecular flexibility index (Phi) is 21.8. The standard InChI is InChI=1S/C65H57F17N4O13/c1-28-17-29(2)49(57(96)97)48(28)54(91)86-47-16-8-33(23-43(47)60(99,27-67)65(80,81)82)19-31-6-14-45(41(21-31)51(88)62(71,72)73)85-53(90)39-25-35(10-12-37(39)56(94)95)58(3,63(74,75)76)34-9-11-36(55(92)93)38(24-34)52(89)84-44-13-5-30(20-40(44)50(87)61(68,69)70)18-32-7-15-46(83-4)42(22-32)59(98,26-66)64(77,78)79/h5-16,20-25,28-29,48-51,83,87-88,98-99H,17-19,26-27H2,1-4H3,(H,84,89)(H,85,90)(H,86,91)(H,92,93)(H,94,95)(H,96,97). The minimum atomic E-state index is -5.83. The average Bonchev–Trinajstić information content (AvgIpc) is 1.20. The summed E-state index contributed by atoms with van der Waals surface area (Å²) in [6, 6.07) is 11.6. The maximum atomic E-state index is 15.9. The number of hydrogen-bond donors (Lipinski definition) is 11. The lowest BCUT2D eigenvalue weighted by Gasteiger charge is -2.34. The summed E-state index contributed by atoms with van der Waals surface area (Å²) >= 11 is 0. The number of amides is 3. The second-order valence-electron chi connectivity index (χ2n) is 23.8. The fourth-order valence-corrected chi connectivity index (χ4v) is 11.9. The average molecular weight is 1430 g/mol. The van der Waals surface area contributed by atoms with Crippen LogP contribution in [0.1, 0.15) is 136 Å². The van der Waals surface area contributed by atoms with Gasteiger partial charge in [-0.2, -0.15) is 65.9 Å². The number of nitrogens with one attached hydrogen (secondary N) is 4. The number of anilines is 4. The second-order valence-corrected chi connectivity index (χ2v) is 23.8. The molecule has 1 aliphatic carbocycles. The van der Waals surface area contributed by atoms with E-state index in [-0.39, 0.29) is 40.8 Å². The van der Waals surface area contributed by atoms with Crippen LogP contribution in [0.15, 0.2) is 109 Å². The summed E-state index contributed by atoms with van der Waals surface area (Å²) in [7, 11) is 1.13. The number of alkyl halides is 17. The van der Waals surface area contributed by atoms with Crippen molar-refractivity contribution in [2.24, 2.45) is 23.7 Å². The molecule has 534 valence electrons. The highest BCUT2D eigenvalue weighted by Crippen LogP contribution is 2.50. The minimum Gasteiger partial charge on any atom is -0.481 e. The maximum Gasteiger partial charge on any atom is 0.424 e. The molecular weight excluding hydrogens is 1370 g/mol. The number of aliphatic carboxylic acids is 1. The monoisotopic (exact) mass is 1420 g/mol.